The summed E-state index contributed by atoms with van der Waals surface area (Å²) in [5.74, 6) is 0.179. The lowest BCUT2D eigenvalue weighted by atomic mass is 10.1. The average molecular weight is 354 g/mol. The monoisotopic (exact) mass is 354 g/mol. The number of ether oxygens (including phenoxy) is 1. The van der Waals surface area contributed by atoms with Gasteiger partial charge in [0.05, 0.1) is 6.54 Å². The number of likely N-dealkylation sites (N-methyl/N-ethyl adjacent to an activating group) is 1. The molecule has 0 spiro atoms. The molecule has 1 unspecified atom stereocenters. The van der Waals surface area contributed by atoms with Gasteiger partial charge in [0, 0.05) is 37.3 Å². The summed E-state index contributed by atoms with van der Waals surface area (Å²) in [5, 5.41) is 8.94. The zero-order chi connectivity index (χ0) is 18.4. The summed E-state index contributed by atoms with van der Waals surface area (Å²) in [7, 11) is 0. The standard InChI is InChI=1S/C18H28F2N4O/c1-5-23-10-11-24(22-14(3)12-13(2)21-23)15(4)16-6-8-17(9-7-16)25-18(19)20/h6-9,14-15,18,22H,5,10-12H2,1-4H3/b21-13+/t14-,15?/m1/s1. The molecule has 2 atom stereocenters. The van der Waals surface area contributed by atoms with Crippen molar-refractivity contribution in [1.82, 2.24) is 15.4 Å². The van der Waals surface area contributed by atoms with Crippen LogP contribution >= 0.6 is 0 Å². The molecule has 0 amide bonds. The van der Waals surface area contributed by atoms with Crippen molar-refractivity contribution >= 4 is 5.71 Å². The van der Waals surface area contributed by atoms with Crippen LogP contribution in [0.5, 0.6) is 5.75 Å². The van der Waals surface area contributed by atoms with Crippen LogP contribution in [-0.2, 0) is 0 Å². The number of halogens is 2. The van der Waals surface area contributed by atoms with E-state index in [-0.39, 0.29) is 17.8 Å². The van der Waals surface area contributed by atoms with Crippen LogP contribution in [0, 0.1) is 0 Å². The van der Waals surface area contributed by atoms with Crippen LogP contribution in [0.2, 0.25) is 0 Å². The molecule has 0 fully saturated rings. The molecular weight excluding hydrogens is 326 g/mol. The van der Waals surface area contributed by atoms with Crippen LogP contribution in [0.3, 0.4) is 0 Å². The van der Waals surface area contributed by atoms with Crippen LogP contribution in [0.4, 0.5) is 8.78 Å². The van der Waals surface area contributed by atoms with Crippen LogP contribution in [0.1, 0.15) is 45.7 Å². The molecule has 1 aliphatic rings. The number of alkyl halides is 2. The number of hydrogen-bond donors (Lipinski definition) is 1. The van der Waals surface area contributed by atoms with Crippen molar-refractivity contribution in [2.24, 2.45) is 5.10 Å². The van der Waals surface area contributed by atoms with Gasteiger partial charge in [-0.3, -0.25) is 10.4 Å². The SMILES string of the molecule is CCN1CCN(C(C)c2ccc(OC(F)F)cc2)N[C@H](C)C/C(C)=N/1. The molecule has 140 valence electrons. The molecule has 0 saturated carbocycles. The quantitative estimate of drug-likeness (QED) is 0.876. The summed E-state index contributed by atoms with van der Waals surface area (Å²) in [6.07, 6.45) is 0.876. The molecule has 1 N–H and O–H groups in total. The van der Waals surface area contributed by atoms with E-state index in [9.17, 15) is 8.78 Å². The van der Waals surface area contributed by atoms with Gasteiger partial charge in [-0.25, -0.2) is 5.01 Å². The van der Waals surface area contributed by atoms with E-state index in [2.05, 4.69) is 53.0 Å². The van der Waals surface area contributed by atoms with E-state index in [1.807, 2.05) is 12.1 Å². The normalized spacial score (nSPS) is 23.4. The summed E-state index contributed by atoms with van der Waals surface area (Å²) in [6, 6.07) is 7.21. The Bertz CT molecular complexity index is 565. The molecule has 0 radical (unpaired) electrons. The second-order valence-electron chi connectivity index (χ2n) is 6.43. The Labute approximate surface area is 148 Å². The maximum Gasteiger partial charge on any atom is 0.387 e. The van der Waals surface area contributed by atoms with Gasteiger partial charge < -0.3 is 4.74 Å². The minimum absolute atomic E-state index is 0.0974. The molecule has 1 aromatic carbocycles. The van der Waals surface area contributed by atoms with Crippen molar-refractivity contribution < 1.29 is 13.5 Å². The van der Waals surface area contributed by atoms with Crippen LogP contribution < -0.4 is 10.2 Å². The van der Waals surface area contributed by atoms with E-state index >= 15 is 0 Å². The Hall–Kier alpha value is -1.73. The van der Waals surface area contributed by atoms with Gasteiger partial charge in [-0.15, -0.1) is 0 Å². The van der Waals surface area contributed by atoms with E-state index in [0.29, 0.717) is 0 Å². The molecule has 1 aliphatic heterocycles. The highest BCUT2D eigenvalue weighted by atomic mass is 19.3. The predicted octanol–water partition coefficient (Wildman–Crippen LogP) is 3.65. The Morgan fingerprint density at radius 1 is 1.28 bits per heavy atom. The average Bonchev–Trinajstić information content (AvgIpc) is 2.62. The number of hydrazine groups is 1. The maximum absolute atomic E-state index is 12.3. The predicted molar refractivity (Wildman–Crippen MR) is 95.8 cm³/mol. The van der Waals surface area contributed by atoms with Gasteiger partial charge in [-0.1, -0.05) is 12.1 Å². The maximum atomic E-state index is 12.3. The Morgan fingerprint density at radius 2 is 1.96 bits per heavy atom. The molecule has 25 heavy (non-hydrogen) atoms. The van der Waals surface area contributed by atoms with Gasteiger partial charge >= 0.3 is 6.61 Å². The van der Waals surface area contributed by atoms with Crippen LogP contribution in [0.25, 0.3) is 0 Å². The van der Waals surface area contributed by atoms with E-state index in [4.69, 9.17) is 0 Å². The van der Waals surface area contributed by atoms with Crippen molar-refractivity contribution in [3.63, 3.8) is 0 Å². The van der Waals surface area contributed by atoms with Gasteiger partial charge in [0.25, 0.3) is 0 Å². The molecule has 1 aromatic rings. The Kier molecular flexibility index (Phi) is 7.13. The van der Waals surface area contributed by atoms with Gasteiger partial charge in [0.15, 0.2) is 0 Å². The van der Waals surface area contributed by atoms with Crippen LogP contribution in [-0.4, -0.2) is 48.0 Å². The number of nitrogens with one attached hydrogen (secondary N) is 1. The Balaban J connectivity index is 2.09. The molecule has 1 heterocycles. The summed E-state index contributed by atoms with van der Waals surface area (Å²) >= 11 is 0. The fourth-order valence-electron chi connectivity index (χ4n) is 3.03. The fraction of sp³-hybridized carbons (Fsp3) is 0.611. The lowest BCUT2D eigenvalue weighted by Gasteiger charge is -2.33. The largest absolute Gasteiger partial charge is 0.435 e. The molecule has 2 rings (SSSR count). The highest BCUT2D eigenvalue weighted by Crippen LogP contribution is 2.23. The minimum atomic E-state index is -2.80. The zero-order valence-electron chi connectivity index (χ0n) is 15.4. The van der Waals surface area contributed by atoms with Gasteiger partial charge in [0.1, 0.15) is 5.75 Å². The van der Waals surface area contributed by atoms with E-state index < -0.39 is 6.61 Å². The third-order valence-corrected chi connectivity index (χ3v) is 4.32. The van der Waals surface area contributed by atoms with Gasteiger partial charge in [-0.2, -0.15) is 13.9 Å². The van der Waals surface area contributed by atoms with Crippen molar-refractivity contribution in [2.75, 3.05) is 19.6 Å². The van der Waals surface area contributed by atoms with Gasteiger partial charge in [-0.05, 0) is 45.4 Å². The number of benzene rings is 1. The molecule has 0 bridgehead atoms. The molecule has 7 heteroatoms. The molecule has 0 aliphatic carbocycles. The lowest BCUT2D eigenvalue weighted by molar-refractivity contribution is -0.0498. The second-order valence-corrected chi connectivity index (χ2v) is 6.43. The topological polar surface area (TPSA) is 40.1 Å². The Morgan fingerprint density at radius 3 is 2.56 bits per heavy atom. The van der Waals surface area contributed by atoms with Crippen molar-refractivity contribution in [1.29, 1.82) is 0 Å². The number of hydrogen-bond acceptors (Lipinski definition) is 5. The van der Waals surface area contributed by atoms with Crippen molar-refractivity contribution in [3.8, 4) is 5.75 Å². The van der Waals surface area contributed by atoms with Crippen molar-refractivity contribution in [3.05, 3.63) is 29.8 Å². The highest BCUT2D eigenvalue weighted by Gasteiger charge is 2.20. The zero-order valence-corrected chi connectivity index (χ0v) is 15.4. The van der Waals surface area contributed by atoms with E-state index in [1.54, 1.807) is 12.1 Å². The summed E-state index contributed by atoms with van der Waals surface area (Å²) in [5.41, 5.74) is 5.71. The van der Waals surface area contributed by atoms with E-state index in [0.717, 1.165) is 37.3 Å². The molecular formula is C18H28F2N4O. The summed E-state index contributed by atoms with van der Waals surface area (Å²) in [4.78, 5) is 0. The van der Waals surface area contributed by atoms with Crippen LogP contribution in [0.15, 0.2) is 29.4 Å². The molecule has 0 saturated heterocycles. The third-order valence-electron chi connectivity index (χ3n) is 4.32. The lowest BCUT2D eigenvalue weighted by Crippen LogP contribution is -2.47. The van der Waals surface area contributed by atoms with E-state index in [1.165, 1.54) is 0 Å². The summed E-state index contributed by atoms with van der Waals surface area (Å²) < 4.78 is 29.0. The van der Waals surface area contributed by atoms with Gasteiger partial charge in [0.2, 0.25) is 0 Å². The fourth-order valence-corrected chi connectivity index (χ4v) is 3.03. The first-order chi connectivity index (χ1) is 11.9. The minimum Gasteiger partial charge on any atom is -0.435 e. The second kappa shape index (κ2) is 9.10. The summed E-state index contributed by atoms with van der Waals surface area (Å²) in [6.45, 7) is 8.10. The first kappa shape index (κ1) is 19.6. The van der Waals surface area contributed by atoms with Crippen molar-refractivity contribution in [2.45, 2.75) is 52.8 Å². The highest BCUT2D eigenvalue weighted by molar-refractivity contribution is 5.82. The molecule has 0 aromatic heterocycles. The smallest absolute Gasteiger partial charge is 0.387 e. The number of hydrazone groups is 1. The first-order valence-electron chi connectivity index (χ1n) is 8.75. The molecule has 5 nitrogen and oxygen atoms in total. The third kappa shape index (κ3) is 5.93. The number of rotatable bonds is 5. The first-order valence-corrected chi connectivity index (χ1v) is 8.75. The number of nitrogens with zero attached hydrogens (tertiary/aromatic N) is 3.